The van der Waals surface area contributed by atoms with Gasteiger partial charge in [-0.15, -0.1) is 4.71 Å². The number of quaternary nitrogens is 2. The maximum Gasteiger partial charge on any atom is 0.673 e. The van der Waals surface area contributed by atoms with Crippen molar-refractivity contribution in [2.45, 2.75) is 32.2 Å². The van der Waals surface area contributed by atoms with Crippen molar-refractivity contribution < 1.29 is 62.3 Å². The molecule has 0 aromatic rings. The predicted molar refractivity (Wildman–Crippen MR) is 81.7 cm³/mol. The molecule has 3 aliphatic heterocycles. The van der Waals surface area contributed by atoms with Gasteiger partial charge in [-0.25, -0.2) is 8.82 Å². The Bertz CT molecular complexity index is 507. The number of rotatable bonds is 3. The zero-order valence-electron chi connectivity index (χ0n) is 14.7. The van der Waals surface area contributed by atoms with Gasteiger partial charge in [0.2, 0.25) is 0 Å². The van der Waals surface area contributed by atoms with Crippen LogP contribution in [0.5, 0.6) is 0 Å². The monoisotopic (exact) mass is 442 g/mol. The van der Waals surface area contributed by atoms with Crippen LogP contribution < -0.4 is 0 Å². The van der Waals surface area contributed by atoms with Gasteiger partial charge in [0.25, 0.3) is 0 Å². The SMILES string of the molecule is CCC1(CC)C[N+]2(P(=O)(O)O)CC[N+]1(F)CC2.F[B-](F)(F)F.F[B-](F)(F)F. The van der Waals surface area contributed by atoms with Gasteiger partial charge < -0.3 is 34.5 Å². The minimum absolute atomic E-state index is 0.210. The van der Waals surface area contributed by atoms with Crippen molar-refractivity contribution in [3.63, 3.8) is 0 Å². The van der Waals surface area contributed by atoms with Crippen molar-refractivity contribution in [1.29, 1.82) is 0 Å². The molecule has 0 atom stereocenters. The largest absolute Gasteiger partial charge is 0.673 e. The van der Waals surface area contributed by atoms with E-state index in [2.05, 4.69) is 0 Å². The second kappa shape index (κ2) is 8.52. The van der Waals surface area contributed by atoms with Crippen LogP contribution >= 0.6 is 7.75 Å². The van der Waals surface area contributed by atoms with E-state index < -0.39 is 32.5 Å². The van der Waals surface area contributed by atoms with E-state index in [0.29, 0.717) is 12.8 Å². The summed E-state index contributed by atoms with van der Waals surface area (Å²) < 4.78 is 104. The summed E-state index contributed by atoms with van der Waals surface area (Å²) in [4.78, 5) is 19.2. The van der Waals surface area contributed by atoms with E-state index in [1.165, 1.54) is 0 Å². The highest BCUT2D eigenvalue weighted by atomic mass is 31.2. The first-order valence-electron chi connectivity index (χ1n) is 7.98. The van der Waals surface area contributed by atoms with Crippen molar-refractivity contribution in [1.82, 2.24) is 0 Å². The van der Waals surface area contributed by atoms with Crippen molar-refractivity contribution in [2.24, 2.45) is 0 Å². The Kier molecular flexibility index (Phi) is 8.38. The van der Waals surface area contributed by atoms with Gasteiger partial charge in [0, 0.05) is 12.8 Å². The Morgan fingerprint density at radius 2 is 1.15 bits per heavy atom. The molecule has 0 amide bonds. The van der Waals surface area contributed by atoms with Gasteiger partial charge in [0.05, 0.1) is 0 Å². The highest BCUT2D eigenvalue weighted by molar-refractivity contribution is 7.45. The Morgan fingerprint density at radius 1 is 0.852 bits per heavy atom. The summed E-state index contributed by atoms with van der Waals surface area (Å²) in [6.45, 7) is 5.06. The Hall–Kier alpha value is -0.430. The lowest BCUT2D eigenvalue weighted by molar-refractivity contribution is -1.16. The van der Waals surface area contributed by atoms with Crippen molar-refractivity contribution in [2.75, 3.05) is 32.7 Å². The zero-order chi connectivity index (χ0) is 21.9. The molecule has 0 radical (unpaired) electrons. The van der Waals surface area contributed by atoms with Crippen LogP contribution in [0.15, 0.2) is 0 Å². The molecule has 3 aliphatic rings. The van der Waals surface area contributed by atoms with Crippen LogP contribution in [0.3, 0.4) is 0 Å². The first-order valence-corrected chi connectivity index (χ1v) is 9.54. The van der Waals surface area contributed by atoms with Gasteiger partial charge in [0.15, 0.2) is 18.6 Å². The summed E-state index contributed by atoms with van der Waals surface area (Å²) in [5.74, 6) is 0. The van der Waals surface area contributed by atoms with E-state index in [0.717, 1.165) is 0 Å². The first-order chi connectivity index (χ1) is 11.7. The molecule has 0 spiro atoms. The van der Waals surface area contributed by atoms with Crippen LogP contribution in [0.1, 0.15) is 26.7 Å². The highest BCUT2D eigenvalue weighted by Crippen LogP contribution is 2.57. The first kappa shape index (κ1) is 26.6. The summed E-state index contributed by atoms with van der Waals surface area (Å²) in [5.41, 5.74) is -0.613. The molecule has 3 fully saturated rings. The van der Waals surface area contributed by atoms with Crippen molar-refractivity contribution in [3.8, 4) is 0 Å². The third-order valence-corrected chi connectivity index (χ3v) is 6.70. The van der Waals surface area contributed by atoms with Crippen LogP contribution in [-0.2, 0) is 4.57 Å². The standard InChI is InChI=1S/C10H20FN2O3P.2BF4/c1-3-10(4-2)9-12(17(14,15)16)5-7-13(10,11)8-6-12;2*2-1(3,4)5/h3-9H2,1-2H3;;/q;2*-1/p+2. The fraction of sp³-hybridized carbons (Fsp3) is 1.00. The lowest BCUT2D eigenvalue weighted by Gasteiger charge is -2.58. The molecule has 3 saturated heterocycles. The maximum absolute atomic E-state index is 14.9. The molecule has 5 nitrogen and oxygen atoms in total. The van der Waals surface area contributed by atoms with Gasteiger partial charge in [-0.05, 0) is 4.48 Å². The van der Waals surface area contributed by atoms with Crippen LogP contribution in [0.2, 0.25) is 0 Å². The lowest BCUT2D eigenvalue weighted by atomic mass is 9.85. The third kappa shape index (κ3) is 7.48. The fourth-order valence-corrected chi connectivity index (χ4v) is 4.76. The fourth-order valence-electron chi connectivity index (χ4n) is 3.61. The Morgan fingerprint density at radius 3 is 1.37 bits per heavy atom. The summed E-state index contributed by atoms with van der Waals surface area (Å²) in [7, 11) is -16.2. The van der Waals surface area contributed by atoms with E-state index in [1.807, 2.05) is 13.8 Å². The van der Waals surface area contributed by atoms with E-state index in [9.17, 15) is 53.4 Å². The van der Waals surface area contributed by atoms with Gasteiger partial charge in [-0.2, -0.15) is 0 Å². The molecule has 0 unspecified atom stereocenters. The molecule has 0 aromatic heterocycles. The van der Waals surface area contributed by atoms with Crippen LogP contribution in [0.4, 0.5) is 39.0 Å². The minimum atomic E-state index is -6.00. The van der Waals surface area contributed by atoms with Gasteiger partial charge >= 0.3 is 22.3 Å². The number of hydrogen-bond donors (Lipinski definition) is 2. The van der Waals surface area contributed by atoms with Crippen molar-refractivity contribution in [3.05, 3.63) is 0 Å². The predicted octanol–water partition coefficient (Wildman–Crippen LogP) is 3.78. The second-order valence-corrected chi connectivity index (χ2v) is 8.32. The number of nitrogens with zero attached hydrogens (tertiary/aromatic N) is 2. The van der Waals surface area contributed by atoms with Gasteiger partial charge in [-0.1, -0.05) is 13.8 Å². The number of fused-ring (bicyclic) bond motifs is 3. The number of halogens is 9. The molecule has 0 saturated carbocycles. The molecule has 164 valence electrons. The Balaban J connectivity index is 0.000000563. The van der Waals surface area contributed by atoms with E-state index in [1.54, 1.807) is 0 Å². The van der Waals surface area contributed by atoms with Gasteiger partial charge in [0.1, 0.15) is 19.6 Å². The van der Waals surface area contributed by atoms with Gasteiger partial charge in [-0.3, -0.25) is 9.79 Å². The normalized spacial score (nSPS) is 30.0. The highest BCUT2D eigenvalue weighted by Gasteiger charge is 2.70. The van der Waals surface area contributed by atoms with E-state index in [-0.39, 0.29) is 37.0 Å². The maximum atomic E-state index is 14.9. The molecule has 3 rings (SSSR count). The van der Waals surface area contributed by atoms with E-state index in [4.69, 9.17) is 0 Å². The molecule has 27 heavy (non-hydrogen) atoms. The smallest absolute Gasteiger partial charge is 0.418 e. The molecule has 17 heteroatoms. The summed E-state index contributed by atoms with van der Waals surface area (Å²) in [6, 6.07) is 0. The topological polar surface area (TPSA) is 57.5 Å². The summed E-state index contributed by atoms with van der Waals surface area (Å²) in [6.07, 6.45) is 1.25. The second-order valence-electron chi connectivity index (χ2n) is 6.45. The van der Waals surface area contributed by atoms with Crippen molar-refractivity contribution >= 4 is 22.3 Å². The van der Waals surface area contributed by atoms with Crippen LogP contribution in [0.25, 0.3) is 0 Å². The minimum Gasteiger partial charge on any atom is -0.418 e. The molecule has 0 aliphatic carbocycles. The molecular formula is C10H22B2F9N2O3P. The third-order valence-electron chi connectivity index (χ3n) is 5.05. The molecular weight excluding hydrogens is 420 g/mol. The van der Waals surface area contributed by atoms with E-state index >= 15 is 0 Å². The quantitative estimate of drug-likeness (QED) is 0.303. The van der Waals surface area contributed by atoms with Crippen LogP contribution in [0, 0.1) is 0 Å². The molecule has 0 aromatic carbocycles. The zero-order valence-corrected chi connectivity index (χ0v) is 15.5. The molecule has 2 bridgehead atoms. The lowest BCUT2D eigenvalue weighted by Crippen LogP contribution is -2.80. The number of hydrogen-bond acceptors (Lipinski definition) is 1. The number of piperazine rings is 3. The van der Waals surface area contributed by atoms with Crippen LogP contribution in [-0.4, -0.2) is 71.5 Å². The summed E-state index contributed by atoms with van der Waals surface area (Å²) >= 11 is 0. The average molecular weight is 442 g/mol. The summed E-state index contributed by atoms with van der Waals surface area (Å²) in [5, 5.41) is 0. The molecule has 3 heterocycles. The average Bonchev–Trinajstić information content (AvgIpc) is 2.43. The Labute approximate surface area is 150 Å². The molecule has 2 N–H and O–H groups in total.